The molecule has 0 spiro atoms. The lowest BCUT2D eigenvalue weighted by Gasteiger charge is -2.27. The molecule has 3 aromatic carbocycles. The van der Waals surface area contributed by atoms with E-state index in [2.05, 4.69) is 4.98 Å². The summed E-state index contributed by atoms with van der Waals surface area (Å²) in [5, 5.41) is 11.8. The maximum atomic E-state index is 14.0. The van der Waals surface area contributed by atoms with Crippen LogP contribution < -0.4 is 9.47 Å². The highest BCUT2D eigenvalue weighted by atomic mass is 32.1. The molecule has 1 aliphatic heterocycles. The fourth-order valence-corrected chi connectivity index (χ4v) is 5.78. The van der Waals surface area contributed by atoms with E-state index in [9.17, 15) is 14.7 Å². The van der Waals surface area contributed by atoms with Gasteiger partial charge in [-0.1, -0.05) is 54.6 Å². The van der Waals surface area contributed by atoms with E-state index < -0.39 is 23.5 Å². The zero-order valence-corrected chi connectivity index (χ0v) is 22.7. The number of aliphatic hydroxyl groups excluding tert-OH is 1. The van der Waals surface area contributed by atoms with Gasteiger partial charge in [0.05, 0.1) is 36.4 Å². The molecule has 1 atom stereocenters. The number of methoxy groups -OCH3 is 2. The first-order valence-electron chi connectivity index (χ1n) is 12.5. The van der Waals surface area contributed by atoms with E-state index in [1.54, 1.807) is 38.2 Å². The molecule has 0 aliphatic carbocycles. The summed E-state index contributed by atoms with van der Waals surface area (Å²) < 4.78 is 10.7. The average molecular weight is 541 g/mol. The number of benzene rings is 3. The summed E-state index contributed by atoms with van der Waals surface area (Å²) in [6, 6.07) is 23.7. The highest BCUT2D eigenvalue weighted by Crippen LogP contribution is 2.41. The third-order valence-corrected chi connectivity index (χ3v) is 7.99. The number of thiazole rings is 1. The first-order valence-corrected chi connectivity index (χ1v) is 13.3. The fraction of sp³-hybridized carbons (Fsp3) is 0.194. The van der Waals surface area contributed by atoms with E-state index >= 15 is 0 Å². The molecule has 0 fully saturated rings. The number of hydrogen-bond acceptors (Lipinski definition) is 7. The SMILES string of the molecule is COc1ccc(CCN2C(=O)C(O)=C(C(=O)c3sc(-c4ccccc4)nc3C)C2c2cccc(OC)c2)cc1. The second-order valence-electron chi connectivity index (χ2n) is 9.17. The topological polar surface area (TPSA) is 89.0 Å². The Morgan fingerprint density at radius 2 is 1.69 bits per heavy atom. The quantitative estimate of drug-likeness (QED) is 0.264. The minimum Gasteiger partial charge on any atom is -0.503 e. The van der Waals surface area contributed by atoms with Gasteiger partial charge in [-0.25, -0.2) is 4.98 Å². The van der Waals surface area contributed by atoms with Crippen LogP contribution in [0.3, 0.4) is 0 Å². The predicted octanol–water partition coefficient (Wildman–Crippen LogP) is 5.96. The van der Waals surface area contributed by atoms with Crippen LogP contribution in [0.5, 0.6) is 11.5 Å². The van der Waals surface area contributed by atoms with Gasteiger partial charge in [0.1, 0.15) is 16.5 Å². The van der Waals surface area contributed by atoms with Crippen molar-refractivity contribution in [3.05, 3.63) is 112 Å². The van der Waals surface area contributed by atoms with Crippen molar-refractivity contribution in [2.24, 2.45) is 0 Å². The van der Waals surface area contributed by atoms with Gasteiger partial charge < -0.3 is 19.5 Å². The maximum absolute atomic E-state index is 14.0. The van der Waals surface area contributed by atoms with Gasteiger partial charge in [-0.05, 0) is 48.7 Å². The van der Waals surface area contributed by atoms with E-state index in [1.165, 1.54) is 11.3 Å². The van der Waals surface area contributed by atoms with Gasteiger partial charge in [0.25, 0.3) is 5.91 Å². The summed E-state index contributed by atoms with van der Waals surface area (Å²) in [5.41, 5.74) is 3.18. The number of nitrogens with zero attached hydrogens (tertiary/aromatic N) is 2. The number of ketones is 1. The molecule has 5 rings (SSSR count). The number of aryl methyl sites for hydroxylation is 1. The van der Waals surface area contributed by atoms with Crippen molar-refractivity contribution in [1.82, 2.24) is 9.88 Å². The third kappa shape index (κ3) is 5.15. The van der Waals surface area contributed by atoms with Gasteiger partial charge in [0.2, 0.25) is 5.78 Å². The minimum atomic E-state index is -0.778. The largest absolute Gasteiger partial charge is 0.503 e. The minimum absolute atomic E-state index is 0.0503. The highest BCUT2D eigenvalue weighted by Gasteiger charge is 2.44. The van der Waals surface area contributed by atoms with E-state index in [0.717, 1.165) is 16.9 Å². The number of carbonyl (C=O) groups excluding carboxylic acids is 2. The Bertz CT molecular complexity index is 1540. The van der Waals surface area contributed by atoms with Crippen LogP contribution in [0.4, 0.5) is 0 Å². The second-order valence-corrected chi connectivity index (χ2v) is 10.2. The van der Waals surface area contributed by atoms with Gasteiger partial charge in [-0.3, -0.25) is 9.59 Å². The predicted molar refractivity (Wildman–Crippen MR) is 150 cm³/mol. The average Bonchev–Trinajstić information content (AvgIpc) is 3.49. The molecule has 1 unspecified atom stereocenters. The molecule has 198 valence electrons. The third-order valence-electron chi connectivity index (χ3n) is 6.78. The van der Waals surface area contributed by atoms with Gasteiger partial charge in [0.15, 0.2) is 5.76 Å². The molecule has 0 saturated carbocycles. The maximum Gasteiger partial charge on any atom is 0.290 e. The Balaban J connectivity index is 1.52. The summed E-state index contributed by atoms with van der Waals surface area (Å²) in [6.07, 6.45) is 0.530. The normalized spacial score (nSPS) is 15.1. The van der Waals surface area contributed by atoms with Crippen LogP contribution in [0.1, 0.15) is 32.5 Å². The first kappa shape index (κ1) is 26.2. The van der Waals surface area contributed by atoms with Gasteiger partial charge in [-0.2, -0.15) is 0 Å². The molecule has 0 saturated heterocycles. The standard InChI is InChI=1S/C31H28N2O5S/c1-19-29(39-30(32-19)21-8-5-4-6-9-21)27(34)25-26(22-10-7-11-24(18-22)38-3)33(31(36)28(25)35)17-16-20-12-14-23(37-2)15-13-20/h4-15,18,26,35H,16-17H2,1-3H3. The number of hydrogen-bond donors (Lipinski definition) is 1. The van der Waals surface area contributed by atoms with Crippen molar-refractivity contribution in [2.45, 2.75) is 19.4 Å². The zero-order valence-electron chi connectivity index (χ0n) is 21.9. The number of Topliss-reactive ketones (excluding diaryl/α,β-unsaturated/α-hetero) is 1. The summed E-state index contributed by atoms with van der Waals surface area (Å²) in [7, 11) is 3.17. The number of rotatable bonds is 9. The second kappa shape index (κ2) is 11.1. The molecule has 1 amide bonds. The Morgan fingerprint density at radius 1 is 0.974 bits per heavy atom. The van der Waals surface area contributed by atoms with Crippen LogP contribution in [-0.4, -0.2) is 47.4 Å². The summed E-state index contributed by atoms with van der Waals surface area (Å²) in [5.74, 6) is -0.180. The van der Waals surface area contributed by atoms with E-state index in [0.29, 0.717) is 39.9 Å². The number of aliphatic hydroxyl groups is 1. The van der Waals surface area contributed by atoms with E-state index in [-0.39, 0.29) is 5.57 Å². The van der Waals surface area contributed by atoms with E-state index in [4.69, 9.17) is 9.47 Å². The smallest absolute Gasteiger partial charge is 0.290 e. The molecule has 39 heavy (non-hydrogen) atoms. The molecule has 0 bridgehead atoms. The van der Waals surface area contributed by atoms with Crippen LogP contribution in [0.25, 0.3) is 10.6 Å². The van der Waals surface area contributed by atoms with Gasteiger partial charge >= 0.3 is 0 Å². The molecule has 2 heterocycles. The fourth-order valence-electron chi connectivity index (χ4n) is 4.75. The van der Waals surface area contributed by atoms with Crippen molar-refractivity contribution < 1.29 is 24.2 Å². The molecule has 0 radical (unpaired) electrons. The van der Waals surface area contributed by atoms with Crippen molar-refractivity contribution in [2.75, 3.05) is 20.8 Å². The molecule has 4 aromatic rings. The van der Waals surface area contributed by atoms with Crippen LogP contribution in [-0.2, 0) is 11.2 Å². The summed E-state index contributed by atoms with van der Waals surface area (Å²) >= 11 is 1.26. The van der Waals surface area contributed by atoms with Crippen LogP contribution in [0.15, 0.2) is 90.2 Å². The number of amides is 1. The summed E-state index contributed by atoms with van der Waals surface area (Å²) in [6.45, 7) is 2.07. The molecular weight excluding hydrogens is 512 g/mol. The van der Waals surface area contributed by atoms with Crippen molar-refractivity contribution >= 4 is 23.0 Å². The van der Waals surface area contributed by atoms with Gasteiger partial charge in [0, 0.05) is 12.1 Å². The van der Waals surface area contributed by atoms with E-state index in [1.807, 2.05) is 66.7 Å². The van der Waals surface area contributed by atoms with Crippen LogP contribution in [0.2, 0.25) is 0 Å². The molecule has 1 aromatic heterocycles. The van der Waals surface area contributed by atoms with Gasteiger partial charge in [-0.15, -0.1) is 11.3 Å². The van der Waals surface area contributed by atoms with Crippen LogP contribution >= 0.6 is 11.3 Å². The summed E-state index contributed by atoms with van der Waals surface area (Å²) in [4.78, 5) is 34.0. The van der Waals surface area contributed by atoms with Crippen molar-refractivity contribution in [3.8, 4) is 22.1 Å². The van der Waals surface area contributed by atoms with Crippen molar-refractivity contribution in [3.63, 3.8) is 0 Å². The lowest BCUT2D eigenvalue weighted by Crippen LogP contribution is -2.33. The molecule has 7 nitrogen and oxygen atoms in total. The number of ether oxygens (including phenoxy) is 2. The highest BCUT2D eigenvalue weighted by molar-refractivity contribution is 7.17. The molecular formula is C31H28N2O5S. The Morgan fingerprint density at radius 3 is 2.38 bits per heavy atom. The first-order chi connectivity index (χ1) is 18.9. The Hall–Kier alpha value is -4.43. The number of aromatic nitrogens is 1. The molecule has 1 aliphatic rings. The Labute approximate surface area is 231 Å². The lowest BCUT2D eigenvalue weighted by atomic mass is 9.94. The number of carbonyl (C=O) groups is 2. The molecule has 1 N–H and O–H groups in total. The monoisotopic (exact) mass is 540 g/mol. The lowest BCUT2D eigenvalue weighted by molar-refractivity contribution is -0.129. The van der Waals surface area contributed by atoms with Crippen LogP contribution in [0, 0.1) is 6.92 Å². The Kier molecular flexibility index (Phi) is 7.47. The molecule has 8 heteroatoms. The zero-order chi connectivity index (χ0) is 27.5. The van der Waals surface area contributed by atoms with Crippen molar-refractivity contribution in [1.29, 1.82) is 0 Å².